The van der Waals surface area contributed by atoms with E-state index in [0.29, 0.717) is 25.0 Å². The predicted octanol–water partition coefficient (Wildman–Crippen LogP) is 2.86. The lowest BCUT2D eigenvalue weighted by Crippen LogP contribution is -2.47. The summed E-state index contributed by atoms with van der Waals surface area (Å²) in [5.74, 6) is 0.334. The first-order valence-electron chi connectivity index (χ1n) is 8.13. The van der Waals surface area contributed by atoms with Crippen LogP contribution in [0.1, 0.15) is 46.5 Å². The molecule has 0 bridgehead atoms. The number of alkyl halides is 1. The summed E-state index contributed by atoms with van der Waals surface area (Å²) < 4.78 is 5.52. The van der Waals surface area contributed by atoms with Gasteiger partial charge in [0.25, 0.3) is 0 Å². The predicted molar refractivity (Wildman–Crippen MR) is 86.0 cm³/mol. The van der Waals surface area contributed by atoms with E-state index in [9.17, 15) is 9.59 Å². The molecule has 1 heterocycles. The van der Waals surface area contributed by atoms with E-state index >= 15 is 0 Å². The van der Waals surface area contributed by atoms with Gasteiger partial charge >= 0.3 is 6.09 Å². The van der Waals surface area contributed by atoms with E-state index in [1.165, 1.54) is 0 Å². The second-order valence-corrected chi connectivity index (χ2v) is 7.61. The number of nitrogens with zero attached hydrogens (tertiary/aromatic N) is 2. The van der Waals surface area contributed by atoms with Crippen LogP contribution in [-0.4, -0.2) is 59.0 Å². The Labute approximate surface area is 137 Å². The summed E-state index contributed by atoms with van der Waals surface area (Å²) in [4.78, 5) is 27.8. The molecular formula is C16H27ClN2O3. The fourth-order valence-electron chi connectivity index (χ4n) is 2.88. The molecule has 6 heteroatoms. The van der Waals surface area contributed by atoms with E-state index in [0.717, 1.165) is 32.2 Å². The van der Waals surface area contributed by atoms with E-state index in [1.54, 1.807) is 0 Å². The summed E-state index contributed by atoms with van der Waals surface area (Å²) >= 11 is 5.65. The van der Waals surface area contributed by atoms with E-state index < -0.39 is 5.60 Å². The standard InChI is InChI=1S/C16H27ClN2O3/c1-16(2,3)22-15(21)19(13-6-7-13)11-12-5-4-8-18(10-12)14(20)9-17/h12-13H,4-11H2,1-3H3. The first-order valence-corrected chi connectivity index (χ1v) is 8.67. The van der Waals surface area contributed by atoms with Crippen LogP contribution < -0.4 is 0 Å². The quantitative estimate of drug-likeness (QED) is 0.745. The largest absolute Gasteiger partial charge is 0.444 e. The van der Waals surface area contributed by atoms with E-state index in [-0.39, 0.29) is 17.9 Å². The molecular weight excluding hydrogens is 304 g/mol. The molecule has 126 valence electrons. The van der Waals surface area contributed by atoms with Crippen LogP contribution in [0.25, 0.3) is 0 Å². The Kier molecular flexibility index (Phi) is 5.59. The molecule has 2 amide bonds. The van der Waals surface area contributed by atoms with Crippen LogP contribution in [-0.2, 0) is 9.53 Å². The lowest BCUT2D eigenvalue weighted by Gasteiger charge is -2.36. The first-order chi connectivity index (χ1) is 10.3. The highest BCUT2D eigenvalue weighted by molar-refractivity contribution is 6.27. The SMILES string of the molecule is CC(C)(C)OC(=O)N(CC1CCCN(C(=O)CCl)C1)C1CC1. The summed E-state index contributed by atoms with van der Waals surface area (Å²) in [5.41, 5.74) is -0.475. The number of hydrogen-bond donors (Lipinski definition) is 0. The number of hydrogen-bond acceptors (Lipinski definition) is 3. The molecule has 1 atom stereocenters. The van der Waals surface area contributed by atoms with Crippen LogP contribution in [0.5, 0.6) is 0 Å². The van der Waals surface area contributed by atoms with Crippen molar-refractivity contribution in [3.05, 3.63) is 0 Å². The van der Waals surface area contributed by atoms with Gasteiger partial charge in [-0.25, -0.2) is 4.79 Å². The number of halogens is 1. The summed E-state index contributed by atoms with van der Waals surface area (Å²) in [5, 5.41) is 0. The molecule has 1 saturated heterocycles. The average Bonchev–Trinajstić information content (AvgIpc) is 3.26. The Morgan fingerprint density at radius 3 is 2.50 bits per heavy atom. The zero-order valence-corrected chi connectivity index (χ0v) is 14.6. The fourth-order valence-corrected chi connectivity index (χ4v) is 3.05. The van der Waals surface area contributed by atoms with Crippen molar-refractivity contribution in [3.8, 4) is 0 Å². The van der Waals surface area contributed by atoms with Gasteiger partial charge in [0.2, 0.25) is 5.91 Å². The van der Waals surface area contributed by atoms with Gasteiger partial charge in [-0.2, -0.15) is 0 Å². The maximum absolute atomic E-state index is 12.4. The van der Waals surface area contributed by atoms with Crippen LogP contribution in [0.4, 0.5) is 4.79 Å². The van der Waals surface area contributed by atoms with Crippen LogP contribution in [0.15, 0.2) is 0 Å². The van der Waals surface area contributed by atoms with Crippen molar-refractivity contribution >= 4 is 23.6 Å². The number of carbonyl (C=O) groups is 2. The maximum Gasteiger partial charge on any atom is 0.410 e. The summed E-state index contributed by atoms with van der Waals surface area (Å²) in [6.45, 7) is 7.80. The van der Waals surface area contributed by atoms with Gasteiger partial charge in [0.15, 0.2) is 0 Å². The minimum absolute atomic E-state index is 0.0124. The Morgan fingerprint density at radius 1 is 1.27 bits per heavy atom. The Balaban J connectivity index is 1.93. The van der Waals surface area contributed by atoms with Crippen molar-refractivity contribution in [1.82, 2.24) is 9.80 Å². The van der Waals surface area contributed by atoms with Gasteiger partial charge in [0.05, 0.1) is 0 Å². The molecule has 1 saturated carbocycles. The van der Waals surface area contributed by atoms with E-state index in [1.807, 2.05) is 30.6 Å². The highest BCUT2D eigenvalue weighted by Gasteiger charge is 2.37. The minimum atomic E-state index is -0.475. The molecule has 0 spiro atoms. The van der Waals surface area contributed by atoms with Crippen LogP contribution in [0.2, 0.25) is 0 Å². The van der Waals surface area contributed by atoms with Gasteiger partial charge in [-0.05, 0) is 52.4 Å². The molecule has 1 aliphatic carbocycles. The highest BCUT2D eigenvalue weighted by Crippen LogP contribution is 2.30. The summed E-state index contributed by atoms with van der Waals surface area (Å²) in [6.07, 6.45) is 3.89. The number of amides is 2. The van der Waals surface area contributed by atoms with Gasteiger partial charge in [-0.3, -0.25) is 4.79 Å². The van der Waals surface area contributed by atoms with Gasteiger partial charge in [-0.1, -0.05) is 0 Å². The molecule has 0 aromatic heterocycles. The van der Waals surface area contributed by atoms with Crippen molar-refractivity contribution in [2.45, 2.75) is 58.1 Å². The zero-order valence-electron chi connectivity index (χ0n) is 13.8. The lowest BCUT2D eigenvalue weighted by atomic mass is 9.97. The molecule has 22 heavy (non-hydrogen) atoms. The fraction of sp³-hybridized carbons (Fsp3) is 0.875. The molecule has 0 aromatic rings. The van der Waals surface area contributed by atoms with Crippen molar-refractivity contribution in [2.75, 3.05) is 25.5 Å². The van der Waals surface area contributed by atoms with E-state index in [2.05, 4.69) is 0 Å². The number of piperidine rings is 1. The molecule has 0 N–H and O–H groups in total. The van der Waals surface area contributed by atoms with Gasteiger partial charge in [-0.15, -0.1) is 11.6 Å². The summed E-state index contributed by atoms with van der Waals surface area (Å²) in [6, 6.07) is 0.314. The van der Waals surface area contributed by atoms with Gasteiger partial charge < -0.3 is 14.5 Å². The highest BCUT2D eigenvalue weighted by atomic mass is 35.5. The van der Waals surface area contributed by atoms with Crippen molar-refractivity contribution in [2.24, 2.45) is 5.92 Å². The molecule has 1 aliphatic heterocycles. The van der Waals surface area contributed by atoms with Crippen molar-refractivity contribution in [3.63, 3.8) is 0 Å². The monoisotopic (exact) mass is 330 g/mol. The molecule has 2 fully saturated rings. The molecule has 2 aliphatic rings. The molecule has 2 rings (SSSR count). The Hall–Kier alpha value is -0.970. The Morgan fingerprint density at radius 2 is 1.95 bits per heavy atom. The third-order valence-corrected chi connectivity index (χ3v) is 4.29. The maximum atomic E-state index is 12.4. The second-order valence-electron chi connectivity index (χ2n) is 7.35. The third-order valence-electron chi connectivity index (χ3n) is 4.06. The normalized spacial score (nSPS) is 22.4. The van der Waals surface area contributed by atoms with E-state index in [4.69, 9.17) is 16.3 Å². The Bertz CT molecular complexity index is 418. The number of rotatable bonds is 4. The average molecular weight is 331 g/mol. The summed E-state index contributed by atoms with van der Waals surface area (Å²) in [7, 11) is 0. The van der Waals surface area contributed by atoms with Crippen LogP contribution >= 0.6 is 11.6 Å². The second kappa shape index (κ2) is 7.07. The van der Waals surface area contributed by atoms with Crippen LogP contribution in [0.3, 0.4) is 0 Å². The molecule has 0 radical (unpaired) electrons. The number of ether oxygens (including phenoxy) is 1. The number of carbonyl (C=O) groups excluding carboxylic acids is 2. The molecule has 1 unspecified atom stereocenters. The first kappa shape index (κ1) is 17.4. The topological polar surface area (TPSA) is 49.9 Å². The lowest BCUT2D eigenvalue weighted by molar-refractivity contribution is -0.130. The van der Waals surface area contributed by atoms with Crippen molar-refractivity contribution in [1.29, 1.82) is 0 Å². The van der Waals surface area contributed by atoms with Crippen molar-refractivity contribution < 1.29 is 14.3 Å². The van der Waals surface area contributed by atoms with Gasteiger partial charge in [0, 0.05) is 25.7 Å². The van der Waals surface area contributed by atoms with Crippen LogP contribution in [0, 0.1) is 5.92 Å². The minimum Gasteiger partial charge on any atom is -0.444 e. The third kappa shape index (κ3) is 5.04. The molecule has 0 aromatic carbocycles. The van der Waals surface area contributed by atoms with Gasteiger partial charge in [0.1, 0.15) is 11.5 Å². The zero-order chi connectivity index (χ0) is 16.3. The number of likely N-dealkylation sites (tertiary alicyclic amines) is 1. The molecule has 5 nitrogen and oxygen atoms in total. The smallest absolute Gasteiger partial charge is 0.410 e.